The van der Waals surface area contributed by atoms with Gasteiger partial charge in [0, 0.05) is 63.5 Å². The van der Waals surface area contributed by atoms with Gasteiger partial charge in [-0.1, -0.05) is 23.8 Å². The first-order valence-corrected chi connectivity index (χ1v) is 11.5. The number of hydrogen-bond acceptors (Lipinski definition) is 4. The molecule has 1 aromatic carbocycles. The highest BCUT2D eigenvalue weighted by atomic mass is 16.1. The number of likely N-dealkylation sites (tertiary alicyclic amines) is 1. The van der Waals surface area contributed by atoms with Crippen LogP contribution in [0.25, 0.3) is 0 Å². The van der Waals surface area contributed by atoms with E-state index in [1.165, 1.54) is 16.9 Å². The van der Waals surface area contributed by atoms with Gasteiger partial charge in [-0.15, -0.1) is 0 Å². The van der Waals surface area contributed by atoms with Crippen molar-refractivity contribution in [2.24, 2.45) is 5.92 Å². The molecule has 2 fully saturated rings. The fourth-order valence-electron chi connectivity index (χ4n) is 4.58. The lowest BCUT2D eigenvalue weighted by atomic mass is 9.90. The van der Waals surface area contributed by atoms with E-state index in [4.69, 9.17) is 0 Å². The molecule has 160 valence electrons. The molecule has 0 aliphatic carbocycles. The number of Topliss-reactive ketones (excluding diaryl/α,β-unsaturated/α-hetero) is 1. The van der Waals surface area contributed by atoms with Crippen molar-refractivity contribution in [3.05, 3.63) is 41.6 Å². The molecule has 2 aliphatic rings. The van der Waals surface area contributed by atoms with Gasteiger partial charge in [0.25, 0.3) is 0 Å². The molecule has 0 radical (unpaired) electrons. The van der Waals surface area contributed by atoms with E-state index in [0.717, 1.165) is 77.9 Å². The van der Waals surface area contributed by atoms with Crippen molar-refractivity contribution in [3.8, 4) is 0 Å². The van der Waals surface area contributed by atoms with Crippen molar-refractivity contribution < 1.29 is 4.79 Å². The summed E-state index contributed by atoms with van der Waals surface area (Å²) >= 11 is 0. The predicted molar refractivity (Wildman–Crippen MR) is 122 cm³/mol. The van der Waals surface area contributed by atoms with Gasteiger partial charge in [0.1, 0.15) is 5.78 Å². The number of carbonyl (C=O) groups is 1. The van der Waals surface area contributed by atoms with Crippen LogP contribution in [0.1, 0.15) is 51.5 Å². The maximum atomic E-state index is 12.4. The molecule has 2 saturated heterocycles. The topological polar surface area (TPSA) is 26.8 Å². The Hall–Kier alpha value is -1.81. The maximum Gasteiger partial charge on any atom is 0.133 e. The summed E-state index contributed by atoms with van der Waals surface area (Å²) in [6.45, 7) is 14.1. The minimum Gasteiger partial charge on any atom is -0.375 e. The van der Waals surface area contributed by atoms with Crippen molar-refractivity contribution >= 4 is 11.5 Å². The molecule has 0 bridgehead atoms. The fourth-order valence-corrected chi connectivity index (χ4v) is 4.58. The minimum atomic E-state index is 0.476. The zero-order chi connectivity index (χ0) is 20.6. The minimum absolute atomic E-state index is 0.476. The summed E-state index contributed by atoms with van der Waals surface area (Å²) < 4.78 is 0. The summed E-state index contributed by atoms with van der Waals surface area (Å²) in [7, 11) is 0. The van der Waals surface area contributed by atoms with Crippen molar-refractivity contribution in [2.45, 2.75) is 52.9 Å². The molecular weight excluding hydrogens is 358 g/mol. The highest BCUT2D eigenvalue weighted by Crippen LogP contribution is 2.24. The SMILES string of the molecule is C/C=C(\C)N1CCC(CC(=O)CCCN2CCN(c3ccc(C)cc3)CC2)CC1. The second kappa shape index (κ2) is 10.8. The first-order chi connectivity index (χ1) is 14.0. The van der Waals surface area contributed by atoms with E-state index in [9.17, 15) is 4.79 Å². The second-order valence-electron chi connectivity index (χ2n) is 8.87. The van der Waals surface area contributed by atoms with Crippen LogP contribution in [0.3, 0.4) is 0 Å². The lowest BCUT2D eigenvalue weighted by molar-refractivity contribution is -0.120. The maximum absolute atomic E-state index is 12.4. The summed E-state index contributed by atoms with van der Waals surface area (Å²) in [5, 5.41) is 0. The normalized spacial score (nSPS) is 19.6. The first-order valence-electron chi connectivity index (χ1n) is 11.5. The quantitative estimate of drug-likeness (QED) is 0.646. The van der Waals surface area contributed by atoms with Gasteiger partial charge in [-0.25, -0.2) is 0 Å². The number of anilines is 1. The van der Waals surface area contributed by atoms with Gasteiger partial charge >= 0.3 is 0 Å². The summed E-state index contributed by atoms with van der Waals surface area (Å²) in [5.41, 5.74) is 4.02. The third-order valence-electron chi connectivity index (χ3n) is 6.75. The Morgan fingerprint density at radius 2 is 1.69 bits per heavy atom. The molecule has 1 aromatic rings. The van der Waals surface area contributed by atoms with Crippen LogP contribution in [0.5, 0.6) is 0 Å². The lowest BCUT2D eigenvalue weighted by Crippen LogP contribution is -2.46. The van der Waals surface area contributed by atoms with Crippen molar-refractivity contribution in [1.29, 1.82) is 0 Å². The average Bonchev–Trinajstić information content (AvgIpc) is 2.75. The summed E-state index contributed by atoms with van der Waals surface area (Å²) in [4.78, 5) is 19.9. The number of hydrogen-bond donors (Lipinski definition) is 0. The largest absolute Gasteiger partial charge is 0.375 e. The highest BCUT2D eigenvalue weighted by molar-refractivity contribution is 5.78. The molecule has 2 heterocycles. The van der Waals surface area contributed by atoms with E-state index in [-0.39, 0.29) is 0 Å². The summed E-state index contributed by atoms with van der Waals surface area (Å²) in [6.07, 6.45) is 7.08. The Balaban J connectivity index is 1.29. The smallest absolute Gasteiger partial charge is 0.133 e. The number of nitrogens with zero attached hydrogens (tertiary/aromatic N) is 3. The summed E-state index contributed by atoms with van der Waals surface area (Å²) in [6, 6.07) is 8.85. The van der Waals surface area contributed by atoms with E-state index < -0.39 is 0 Å². The van der Waals surface area contributed by atoms with E-state index in [1.807, 2.05) is 0 Å². The lowest BCUT2D eigenvalue weighted by Gasteiger charge is -2.36. The molecule has 0 amide bonds. The zero-order valence-electron chi connectivity index (χ0n) is 18.7. The first kappa shape index (κ1) is 21.9. The van der Waals surface area contributed by atoms with Crippen LogP contribution in [-0.4, -0.2) is 61.4 Å². The van der Waals surface area contributed by atoms with Gasteiger partial charge in [0.2, 0.25) is 0 Å². The van der Waals surface area contributed by atoms with Crippen LogP contribution in [0, 0.1) is 12.8 Å². The molecule has 0 spiro atoms. The third-order valence-corrected chi connectivity index (χ3v) is 6.75. The Morgan fingerprint density at radius 1 is 1.03 bits per heavy atom. The van der Waals surface area contributed by atoms with E-state index >= 15 is 0 Å². The molecule has 4 nitrogen and oxygen atoms in total. The monoisotopic (exact) mass is 397 g/mol. The number of aryl methyl sites for hydroxylation is 1. The molecule has 0 aromatic heterocycles. The zero-order valence-corrected chi connectivity index (χ0v) is 18.7. The molecule has 0 unspecified atom stereocenters. The second-order valence-corrected chi connectivity index (χ2v) is 8.87. The Labute approximate surface area is 177 Å². The Morgan fingerprint density at radius 3 is 2.31 bits per heavy atom. The van der Waals surface area contributed by atoms with Gasteiger partial charge in [-0.2, -0.15) is 0 Å². The van der Waals surface area contributed by atoms with E-state index in [0.29, 0.717) is 11.7 Å². The van der Waals surface area contributed by atoms with Gasteiger partial charge in [0.05, 0.1) is 0 Å². The van der Waals surface area contributed by atoms with Crippen molar-refractivity contribution in [3.63, 3.8) is 0 Å². The molecule has 2 aliphatic heterocycles. The predicted octanol–water partition coefficient (Wildman–Crippen LogP) is 4.49. The summed E-state index contributed by atoms with van der Waals surface area (Å²) in [5.74, 6) is 1.07. The van der Waals surface area contributed by atoms with Crippen LogP contribution in [-0.2, 0) is 4.79 Å². The number of piperazine rings is 1. The van der Waals surface area contributed by atoms with Gasteiger partial charge in [-0.05, 0) is 64.6 Å². The van der Waals surface area contributed by atoms with Crippen molar-refractivity contribution in [1.82, 2.24) is 9.80 Å². The molecular formula is C25H39N3O. The average molecular weight is 398 g/mol. The Kier molecular flexibility index (Phi) is 8.17. The molecule has 0 N–H and O–H groups in total. The molecule has 4 heteroatoms. The van der Waals surface area contributed by atoms with Crippen LogP contribution < -0.4 is 4.90 Å². The van der Waals surface area contributed by atoms with E-state index in [1.54, 1.807) is 0 Å². The number of piperidine rings is 1. The van der Waals surface area contributed by atoms with Gasteiger partial charge in [-0.3, -0.25) is 9.69 Å². The number of rotatable bonds is 8. The van der Waals surface area contributed by atoms with Crippen LogP contribution >= 0.6 is 0 Å². The third kappa shape index (κ3) is 6.60. The number of allylic oxidation sites excluding steroid dienone is 2. The number of benzene rings is 1. The van der Waals surface area contributed by atoms with Crippen molar-refractivity contribution in [2.75, 3.05) is 50.7 Å². The highest BCUT2D eigenvalue weighted by Gasteiger charge is 2.22. The molecule has 0 atom stereocenters. The fraction of sp³-hybridized carbons (Fsp3) is 0.640. The molecule has 29 heavy (non-hydrogen) atoms. The molecule has 3 rings (SSSR count). The van der Waals surface area contributed by atoms with Crippen LogP contribution in [0.2, 0.25) is 0 Å². The van der Waals surface area contributed by atoms with Crippen LogP contribution in [0.15, 0.2) is 36.0 Å². The number of carbonyl (C=O) groups excluding carboxylic acids is 1. The van der Waals surface area contributed by atoms with Gasteiger partial charge in [0.15, 0.2) is 0 Å². The molecule has 0 saturated carbocycles. The standard InChI is InChI=1S/C25H39N3O/c1-4-22(3)27-14-11-23(12-15-27)20-25(29)6-5-13-26-16-18-28(19-17-26)24-9-7-21(2)8-10-24/h4,7-10,23H,5-6,11-20H2,1-3H3/b22-4+. The van der Waals surface area contributed by atoms with E-state index in [2.05, 4.69) is 65.8 Å². The van der Waals surface area contributed by atoms with Crippen LogP contribution in [0.4, 0.5) is 5.69 Å². The number of ketones is 1. The van der Waals surface area contributed by atoms with Gasteiger partial charge < -0.3 is 9.80 Å². The Bertz CT molecular complexity index is 666.